The van der Waals surface area contributed by atoms with Crippen LogP contribution in [0.5, 0.6) is 0 Å². The smallest absolute Gasteiger partial charge is 0.216 e. The molecule has 1 aliphatic heterocycles. The number of rotatable bonds is 4. The molecule has 0 aromatic carbocycles. The molecule has 1 aliphatic carbocycles. The molecule has 1 saturated heterocycles. The lowest BCUT2D eigenvalue weighted by Crippen LogP contribution is -2.36. The lowest BCUT2D eigenvalue weighted by atomic mass is 9.96. The van der Waals surface area contributed by atoms with Gasteiger partial charge in [-0.1, -0.05) is 6.92 Å². The molecular weight excluding hydrogens is 300 g/mol. The summed E-state index contributed by atoms with van der Waals surface area (Å²) in [6.07, 6.45) is 5.03. The Balaban J connectivity index is 1.86. The van der Waals surface area contributed by atoms with Gasteiger partial charge in [0.1, 0.15) is 11.6 Å². The van der Waals surface area contributed by atoms with E-state index in [1.54, 1.807) is 0 Å². The average Bonchev–Trinajstić information content (AvgIpc) is 2.96. The van der Waals surface area contributed by atoms with Gasteiger partial charge in [0, 0.05) is 30.9 Å². The Morgan fingerprint density at radius 3 is 2.82 bits per heavy atom. The SMILES string of the molecule is CCNS(=O)(=O)C1CCN(c2nc(C)nc3c2CCCC3)C1. The molecule has 7 heteroatoms. The number of sulfonamides is 1. The summed E-state index contributed by atoms with van der Waals surface area (Å²) in [4.78, 5) is 11.3. The first kappa shape index (κ1) is 15.7. The Morgan fingerprint density at radius 1 is 1.27 bits per heavy atom. The zero-order chi connectivity index (χ0) is 15.7. The highest BCUT2D eigenvalue weighted by Crippen LogP contribution is 2.31. The number of aromatic nitrogens is 2. The van der Waals surface area contributed by atoms with Crippen LogP contribution in [0.3, 0.4) is 0 Å². The van der Waals surface area contributed by atoms with Gasteiger partial charge in [-0.05, 0) is 39.0 Å². The molecule has 122 valence electrons. The molecule has 0 bridgehead atoms. The van der Waals surface area contributed by atoms with Gasteiger partial charge in [-0.25, -0.2) is 23.1 Å². The van der Waals surface area contributed by atoms with Crippen molar-refractivity contribution in [1.29, 1.82) is 0 Å². The first-order chi connectivity index (χ1) is 10.5. The zero-order valence-electron chi connectivity index (χ0n) is 13.3. The molecule has 2 aliphatic rings. The van der Waals surface area contributed by atoms with Gasteiger partial charge in [-0.3, -0.25) is 0 Å². The largest absolute Gasteiger partial charge is 0.355 e. The first-order valence-electron chi connectivity index (χ1n) is 8.11. The van der Waals surface area contributed by atoms with E-state index in [-0.39, 0.29) is 5.25 Å². The number of hydrogen-bond donors (Lipinski definition) is 1. The molecule has 1 fully saturated rings. The summed E-state index contributed by atoms with van der Waals surface area (Å²) in [6.45, 7) is 5.45. The van der Waals surface area contributed by atoms with Crippen molar-refractivity contribution in [1.82, 2.24) is 14.7 Å². The summed E-state index contributed by atoms with van der Waals surface area (Å²) in [5, 5.41) is -0.345. The third-order valence-electron chi connectivity index (χ3n) is 4.50. The minimum absolute atomic E-state index is 0.345. The molecule has 1 aromatic rings. The van der Waals surface area contributed by atoms with Crippen LogP contribution in [-0.2, 0) is 22.9 Å². The quantitative estimate of drug-likeness (QED) is 0.900. The molecule has 0 amide bonds. The molecule has 22 heavy (non-hydrogen) atoms. The van der Waals surface area contributed by atoms with E-state index in [1.165, 1.54) is 18.4 Å². The fraction of sp³-hybridized carbons (Fsp3) is 0.733. The van der Waals surface area contributed by atoms with Crippen LogP contribution in [0.1, 0.15) is 43.3 Å². The van der Waals surface area contributed by atoms with E-state index in [1.807, 2.05) is 13.8 Å². The normalized spacial score (nSPS) is 21.9. The van der Waals surface area contributed by atoms with Gasteiger partial charge >= 0.3 is 0 Å². The van der Waals surface area contributed by atoms with Crippen molar-refractivity contribution in [2.24, 2.45) is 0 Å². The topological polar surface area (TPSA) is 75.2 Å². The van der Waals surface area contributed by atoms with E-state index >= 15 is 0 Å². The summed E-state index contributed by atoms with van der Waals surface area (Å²) in [6, 6.07) is 0. The van der Waals surface area contributed by atoms with E-state index in [9.17, 15) is 8.42 Å². The maximum Gasteiger partial charge on any atom is 0.216 e. The number of nitrogens with zero attached hydrogens (tertiary/aromatic N) is 3. The fourth-order valence-corrected chi connectivity index (χ4v) is 4.88. The summed E-state index contributed by atoms with van der Waals surface area (Å²) in [7, 11) is -3.22. The number of nitrogens with one attached hydrogen (secondary N) is 1. The van der Waals surface area contributed by atoms with Crippen molar-refractivity contribution in [3.8, 4) is 0 Å². The fourth-order valence-electron chi connectivity index (χ4n) is 3.45. The van der Waals surface area contributed by atoms with Gasteiger partial charge in [0.25, 0.3) is 0 Å². The van der Waals surface area contributed by atoms with Crippen molar-refractivity contribution in [2.75, 3.05) is 24.5 Å². The van der Waals surface area contributed by atoms with E-state index in [4.69, 9.17) is 0 Å². The van der Waals surface area contributed by atoms with Crippen molar-refractivity contribution in [2.45, 2.75) is 51.2 Å². The minimum Gasteiger partial charge on any atom is -0.355 e. The van der Waals surface area contributed by atoms with Crippen LogP contribution in [0.15, 0.2) is 0 Å². The molecule has 6 nitrogen and oxygen atoms in total. The van der Waals surface area contributed by atoms with Crippen molar-refractivity contribution >= 4 is 15.8 Å². The van der Waals surface area contributed by atoms with Crippen LogP contribution in [0.2, 0.25) is 0 Å². The Morgan fingerprint density at radius 2 is 2.05 bits per heavy atom. The lowest BCUT2D eigenvalue weighted by Gasteiger charge is -2.25. The maximum absolute atomic E-state index is 12.2. The highest BCUT2D eigenvalue weighted by atomic mass is 32.2. The Labute approximate surface area is 132 Å². The van der Waals surface area contributed by atoms with Crippen LogP contribution in [0.4, 0.5) is 5.82 Å². The van der Waals surface area contributed by atoms with E-state index in [2.05, 4.69) is 19.6 Å². The third-order valence-corrected chi connectivity index (χ3v) is 6.46. The number of aryl methyl sites for hydroxylation is 2. The van der Waals surface area contributed by atoms with Crippen LogP contribution in [0.25, 0.3) is 0 Å². The molecule has 1 N–H and O–H groups in total. The van der Waals surface area contributed by atoms with Gasteiger partial charge in [0.15, 0.2) is 0 Å². The monoisotopic (exact) mass is 324 g/mol. The lowest BCUT2D eigenvalue weighted by molar-refractivity contribution is 0.570. The predicted octanol–water partition coefficient (Wildman–Crippen LogP) is 1.18. The van der Waals surface area contributed by atoms with Gasteiger partial charge < -0.3 is 4.90 Å². The molecule has 3 rings (SSSR count). The van der Waals surface area contributed by atoms with Crippen LogP contribution < -0.4 is 9.62 Å². The number of anilines is 1. The molecule has 1 unspecified atom stereocenters. The standard InChI is InChI=1S/C15H24N4O2S/c1-3-16-22(20,21)12-8-9-19(10-12)15-13-6-4-5-7-14(13)17-11(2)18-15/h12,16H,3-10H2,1-2H3. The maximum atomic E-state index is 12.2. The highest BCUT2D eigenvalue weighted by Gasteiger charge is 2.34. The highest BCUT2D eigenvalue weighted by molar-refractivity contribution is 7.90. The van der Waals surface area contributed by atoms with E-state index < -0.39 is 10.0 Å². The molecule has 0 spiro atoms. The van der Waals surface area contributed by atoms with E-state index in [0.717, 1.165) is 36.7 Å². The zero-order valence-corrected chi connectivity index (χ0v) is 14.1. The summed E-state index contributed by atoms with van der Waals surface area (Å²) in [5.74, 6) is 1.75. The van der Waals surface area contributed by atoms with Crippen molar-refractivity contribution in [3.63, 3.8) is 0 Å². The molecule has 1 atom stereocenters. The van der Waals surface area contributed by atoms with Crippen molar-refractivity contribution in [3.05, 3.63) is 17.1 Å². The van der Waals surface area contributed by atoms with Crippen LogP contribution in [-0.4, -0.2) is 43.3 Å². The average molecular weight is 324 g/mol. The van der Waals surface area contributed by atoms with Gasteiger partial charge in [0.05, 0.1) is 5.25 Å². The predicted molar refractivity (Wildman–Crippen MR) is 86.6 cm³/mol. The van der Waals surface area contributed by atoms with Crippen LogP contribution in [0, 0.1) is 6.92 Å². The number of fused-ring (bicyclic) bond motifs is 1. The molecule has 2 heterocycles. The second kappa shape index (κ2) is 6.12. The number of hydrogen-bond acceptors (Lipinski definition) is 5. The molecular formula is C15H24N4O2S. The Kier molecular flexibility index (Phi) is 4.36. The summed E-state index contributed by atoms with van der Waals surface area (Å²) in [5.41, 5.74) is 2.39. The minimum atomic E-state index is -3.22. The van der Waals surface area contributed by atoms with Gasteiger partial charge in [-0.15, -0.1) is 0 Å². The third kappa shape index (κ3) is 2.96. The van der Waals surface area contributed by atoms with E-state index in [0.29, 0.717) is 19.5 Å². The van der Waals surface area contributed by atoms with Crippen LogP contribution >= 0.6 is 0 Å². The Hall–Kier alpha value is -1.21. The second-order valence-corrected chi connectivity index (χ2v) is 8.17. The Bertz CT molecular complexity index is 660. The first-order valence-corrected chi connectivity index (χ1v) is 9.65. The summed E-state index contributed by atoms with van der Waals surface area (Å²) < 4.78 is 27.0. The molecule has 0 radical (unpaired) electrons. The van der Waals surface area contributed by atoms with Crippen molar-refractivity contribution < 1.29 is 8.42 Å². The van der Waals surface area contributed by atoms with Gasteiger partial charge in [0.2, 0.25) is 10.0 Å². The second-order valence-electron chi connectivity index (χ2n) is 6.13. The van der Waals surface area contributed by atoms with Gasteiger partial charge in [-0.2, -0.15) is 0 Å². The molecule has 0 saturated carbocycles. The molecule has 1 aromatic heterocycles. The summed E-state index contributed by atoms with van der Waals surface area (Å²) >= 11 is 0.